The maximum Gasteiger partial charge on any atom is 0.222 e. The molecule has 110 valence electrons. The fourth-order valence-corrected chi connectivity index (χ4v) is 2.47. The van der Waals surface area contributed by atoms with Crippen molar-refractivity contribution in [2.45, 2.75) is 25.4 Å². The predicted octanol–water partition coefficient (Wildman–Crippen LogP) is 3.13. The van der Waals surface area contributed by atoms with Gasteiger partial charge in [0.15, 0.2) is 0 Å². The van der Waals surface area contributed by atoms with Gasteiger partial charge in [0.2, 0.25) is 5.91 Å². The Morgan fingerprint density at radius 1 is 1.35 bits per heavy atom. The fourth-order valence-electron chi connectivity index (χ4n) is 2.28. The predicted molar refractivity (Wildman–Crippen MR) is 76.2 cm³/mol. The van der Waals surface area contributed by atoms with Crippen LogP contribution in [0.4, 0.5) is 4.39 Å². The van der Waals surface area contributed by atoms with Gasteiger partial charge in [-0.05, 0) is 30.5 Å². The van der Waals surface area contributed by atoms with Crippen molar-refractivity contribution in [1.82, 2.24) is 4.90 Å². The number of unbranched alkanes of at least 4 members (excludes halogenated alkanes) is 1. The summed E-state index contributed by atoms with van der Waals surface area (Å²) in [5, 5.41) is 0. The van der Waals surface area contributed by atoms with Gasteiger partial charge < -0.3 is 9.64 Å². The Morgan fingerprint density at radius 2 is 2.10 bits per heavy atom. The van der Waals surface area contributed by atoms with Gasteiger partial charge in [-0.1, -0.05) is 12.1 Å². The SMILES string of the molecule is O=C(CCCCCl)N1CCOC(c2ccc(F)cc2)C1. The Bertz CT molecular complexity index is 438. The van der Waals surface area contributed by atoms with Crippen molar-refractivity contribution in [3.8, 4) is 0 Å². The summed E-state index contributed by atoms with van der Waals surface area (Å²) in [6.45, 7) is 1.67. The summed E-state index contributed by atoms with van der Waals surface area (Å²) in [7, 11) is 0. The molecule has 1 fully saturated rings. The van der Waals surface area contributed by atoms with Crippen molar-refractivity contribution >= 4 is 17.5 Å². The molecule has 1 heterocycles. The minimum atomic E-state index is -0.265. The first-order valence-electron chi connectivity index (χ1n) is 6.91. The lowest BCUT2D eigenvalue weighted by Crippen LogP contribution is -2.42. The Balaban J connectivity index is 1.91. The Morgan fingerprint density at radius 3 is 2.80 bits per heavy atom. The highest BCUT2D eigenvalue weighted by atomic mass is 35.5. The van der Waals surface area contributed by atoms with E-state index in [0.717, 1.165) is 18.4 Å². The third kappa shape index (κ3) is 4.18. The van der Waals surface area contributed by atoms with Crippen LogP contribution in [0.15, 0.2) is 24.3 Å². The van der Waals surface area contributed by atoms with Crippen LogP contribution in [0, 0.1) is 5.82 Å². The minimum Gasteiger partial charge on any atom is -0.370 e. The number of alkyl halides is 1. The molecule has 1 unspecified atom stereocenters. The first kappa shape index (κ1) is 15.3. The number of ether oxygens (including phenoxy) is 1. The molecule has 0 N–H and O–H groups in total. The van der Waals surface area contributed by atoms with E-state index in [1.165, 1.54) is 12.1 Å². The van der Waals surface area contributed by atoms with E-state index in [2.05, 4.69) is 0 Å². The van der Waals surface area contributed by atoms with E-state index in [-0.39, 0.29) is 17.8 Å². The molecule has 0 radical (unpaired) electrons. The molecule has 1 aliphatic heterocycles. The van der Waals surface area contributed by atoms with Crippen LogP contribution >= 0.6 is 11.6 Å². The second-order valence-electron chi connectivity index (χ2n) is 4.90. The summed E-state index contributed by atoms with van der Waals surface area (Å²) in [5.74, 6) is 0.471. The number of morpholine rings is 1. The van der Waals surface area contributed by atoms with E-state index in [9.17, 15) is 9.18 Å². The average Bonchev–Trinajstić information content (AvgIpc) is 2.48. The number of benzene rings is 1. The van der Waals surface area contributed by atoms with Crippen LogP contribution in [0.1, 0.15) is 30.9 Å². The van der Waals surface area contributed by atoms with Crippen molar-refractivity contribution in [2.75, 3.05) is 25.6 Å². The van der Waals surface area contributed by atoms with E-state index in [1.807, 2.05) is 4.90 Å². The quantitative estimate of drug-likeness (QED) is 0.617. The van der Waals surface area contributed by atoms with Crippen molar-refractivity contribution in [3.63, 3.8) is 0 Å². The topological polar surface area (TPSA) is 29.5 Å². The molecular weight excluding hydrogens is 281 g/mol. The van der Waals surface area contributed by atoms with E-state index in [1.54, 1.807) is 12.1 Å². The molecule has 3 nitrogen and oxygen atoms in total. The number of nitrogens with zero attached hydrogens (tertiary/aromatic N) is 1. The van der Waals surface area contributed by atoms with Crippen LogP contribution in [-0.4, -0.2) is 36.4 Å². The molecule has 20 heavy (non-hydrogen) atoms. The zero-order valence-corrected chi connectivity index (χ0v) is 12.1. The number of amides is 1. The normalized spacial score (nSPS) is 19.1. The molecule has 1 aromatic rings. The summed E-state index contributed by atoms with van der Waals surface area (Å²) in [6.07, 6.45) is 2.05. The van der Waals surface area contributed by atoms with Gasteiger partial charge in [-0.25, -0.2) is 4.39 Å². The van der Waals surface area contributed by atoms with Crippen LogP contribution in [0.2, 0.25) is 0 Å². The molecule has 2 rings (SSSR count). The third-order valence-corrected chi connectivity index (χ3v) is 3.70. The van der Waals surface area contributed by atoms with E-state index in [0.29, 0.717) is 32.0 Å². The molecule has 0 saturated carbocycles. The van der Waals surface area contributed by atoms with Gasteiger partial charge in [0.1, 0.15) is 11.9 Å². The zero-order valence-electron chi connectivity index (χ0n) is 11.4. The van der Waals surface area contributed by atoms with Crippen LogP contribution in [0.5, 0.6) is 0 Å². The summed E-state index contributed by atoms with van der Waals surface area (Å²) in [4.78, 5) is 13.9. The number of halogens is 2. The van der Waals surface area contributed by atoms with Crippen LogP contribution < -0.4 is 0 Å². The van der Waals surface area contributed by atoms with E-state index in [4.69, 9.17) is 16.3 Å². The van der Waals surface area contributed by atoms with Gasteiger partial charge in [-0.3, -0.25) is 4.79 Å². The molecular formula is C15H19ClFNO2. The number of rotatable bonds is 5. The van der Waals surface area contributed by atoms with Gasteiger partial charge in [0.05, 0.1) is 13.2 Å². The number of carbonyl (C=O) groups excluding carboxylic acids is 1. The van der Waals surface area contributed by atoms with Gasteiger partial charge in [-0.2, -0.15) is 0 Å². The lowest BCUT2D eigenvalue weighted by molar-refractivity contribution is -0.139. The van der Waals surface area contributed by atoms with Gasteiger partial charge in [0.25, 0.3) is 0 Å². The highest BCUT2D eigenvalue weighted by molar-refractivity contribution is 6.17. The number of hydrogen-bond acceptors (Lipinski definition) is 2. The van der Waals surface area contributed by atoms with Crippen molar-refractivity contribution < 1.29 is 13.9 Å². The Kier molecular flexibility index (Phi) is 5.80. The molecule has 1 saturated heterocycles. The number of hydrogen-bond donors (Lipinski definition) is 0. The summed E-state index contributed by atoms with van der Waals surface area (Å²) in [6, 6.07) is 6.25. The highest BCUT2D eigenvalue weighted by Gasteiger charge is 2.24. The summed E-state index contributed by atoms with van der Waals surface area (Å²) >= 11 is 5.61. The maximum absolute atomic E-state index is 12.9. The summed E-state index contributed by atoms with van der Waals surface area (Å²) < 4.78 is 18.6. The average molecular weight is 300 g/mol. The molecule has 1 aliphatic rings. The standard InChI is InChI=1S/C15H19ClFNO2/c16-8-2-1-3-15(19)18-9-10-20-14(11-18)12-4-6-13(17)7-5-12/h4-7,14H,1-3,8-11H2. The van der Waals surface area contributed by atoms with Crippen molar-refractivity contribution in [1.29, 1.82) is 0 Å². The van der Waals surface area contributed by atoms with Crippen molar-refractivity contribution in [2.24, 2.45) is 0 Å². The van der Waals surface area contributed by atoms with Crippen LogP contribution in [0.25, 0.3) is 0 Å². The summed E-state index contributed by atoms with van der Waals surface area (Å²) in [5.41, 5.74) is 0.907. The first-order chi connectivity index (χ1) is 9.70. The van der Waals surface area contributed by atoms with E-state index < -0.39 is 0 Å². The van der Waals surface area contributed by atoms with Crippen LogP contribution in [0.3, 0.4) is 0 Å². The molecule has 1 amide bonds. The molecule has 5 heteroatoms. The Labute approximate surface area is 123 Å². The molecule has 0 aromatic heterocycles. The molecule has 0 aliphatic carbocycles. The van der Waals surface area contributed by atoms with Gasteiger partial charge in [0, 0.05) is 18.8 Å². The third-order valence-electron chi connectivity index (χ3n) is 3.44. The highest BCUT2D eigenvalue weighted by Crippen LogP contribution is 2.23. The van der Waals surface area contributed by atoms with Gasteiger partial charge in [-0.15, -0.1) is 11.6 Å². The zero-order chi connectivity index (χ0) is 14.4. The smallest absolute Gasteiger partial charge is 0.222 e. The number of carbonyl (C=O) groups is 1. The minimum absolute atomic E-state index is 0.144. The molecule has 1 aromatic carbocycles. The molecule has 0 bridgehead atoms. The lowest BCUT2D eigenvalue weighted by atomic mass is 10.1. The first-order valence-corrected chi connectivity index (χ1v) is 7.45. The maximum atomic E-state index is 12.9. The van der Waals surface area contributed by atoms with Crippen molar-refractivity contribution in [3.05, 3.63) is 35.6 Å². The fraction of sp³-hybridized carbons (Fsp3) is 0.533. The van der Waals surface area contributed by atoms with E-state index >= 15 is 0 Å². The Hall–Kier alpha value is -1.13. The lowest BCUT2D eigenvalue weighted by Gasteiger charge is -2.33. The molecule has 1 atom stereocenters. The molecule has 0 spiro atoms. The second kappa shape index (κ2) is 7.60. The monoisotopic (exact) mass is 299 g/mol. The largest absolute Gasteiger partial charge is 0.370 e. The second-order valence-corrected chi connectivity index (χ2v) is 5.27. The van der Waals surface area contributed by atoms with Gasteiger partial charge >= 0.3 is 0 Å². The van der Waals surface area contributed by atoms with Crippen LogP contribution in [-0.2, 0) is 9.53 Å².